The lowest BCUT2D eigenvalue weighted by atomic mass is 10.1. The molecular weight excluding hydrogens is 410 g/mol. The third-order valence-corrected chi connectivity index (χ3v) is 4.78. The van der Waals surface area contributed by atoms with E-state index in [1.807, 2.05) is 24.3 Å². The first kappa shape index (κ1) is 22.9. The van der Waals surface area contributed by atoms with Crippen molar-refractivity contribution in [2.24, 2.45) is 4.99 Å². The maximum Gasteiger partial charge on any atom is 0.0668 e. The Morgan fingerprint density at radius 2 is 1.81 bits per heavy atom. The monoisotopic (exact) mass is 430 g/mol. The van der Waals surface area contributed by atoms with E-state index in [9.17, 15) is 0 Å². The quantitative estimate of drug-likeness (QED) is 0.534. The summed E-state index contributed by atoms with van der Waals surface area (Å²) in [4.78, 5) is 7.20. The van der Waals surface area contributed by atoms with Crippen molar-refractivity contribution in [1.29, 1.82) is 0 Å². The van der Waals surface area contributed by atoms with Crippen LogP contribution in [0.15, 0.2) is 53.5 Å². The normalized spacial score (nSPS) is 13.3. The van der Waals surface area contributed by atoms with Gasteiger partial charge in [-0.25, -0.2) is 0 Å². The fourth-order valence-corrected chi connectivity index (χ4v) is 3.21. The van der Waals surface area contributed by atoms with Crippen LogP contribution in [0.5, 0.6) is 0 Å². The van der Waals surface area contributed by atoms with Gasteiger partial charge in [0.1, 0.15) is 0 Å². The van der Waals surface area contributed by atoms with Crippen LogP contribution in [-0.2, 0) is 0 Å². The Morgan fingerprint density at radius 3 is 2.54 bits per heavy atom. The van der Waals surface area contributed by atoms with E-state index in [1.165, 1.54) is 11.3 Å². The smallest absolute Gasteiger partial charge is 0.0668 e. The first-order valence-electron chi connectivity index (χ1n) is 8.21. The molecule has 0 aliphatic carbocycles. The molecule has 0 saturated carbocycles. The van der Waals surface area contributed by atoms with Crippen LogP contribution in [0.3, 0.4) is 0 Å². The minimum absolute atomic E-state index is 0. The number of fused-ring (bicyclic) bond motifs is 1. The molecule has 0 radical (unpaired) electrons. The van der Waals surface area contributed by atoms with E-state index in [-0.39, 0.29) is 24.8 Å². The largest absolute Gasteiger partial charge is 0.369 e. The fraction of sp³-hybridized carbons (Fsp3) is 0.250. The van der Waals surface area contributed by atoms with Crippen LogP contribution in [0.2, 0.25) is 10.0 Å². The van der Waals surface area contributed by atoms with Crippen LogP contribution in [0.4, 0.5) is 5.69 Å². The maximum atomic E-state index is 6.09. The Bertz CT molecular complexity index is 787. The van der Waals surface area contributed by atoms with Gasteiger partial charge in [0.25, 0.3) is 0 Å². The lowest BCUT2D eigenvalue weighted by molar-refractivity contribution is 0.768. The van der Waals surface area contributed by atoms with Crippen LogP contribution >= 0.6 is 48.0 Å². The van der Waals surface area contributed by atoms with E-state index in [0.29, 0.717) is 10.0 Å². The number of allylic oxidation sites excluding steroid dienone is 1. The second-order valence-corrected chi connectivity index (χ2v) is 6.59. The van der Waals surface area contributed by atoms with E-state index in [4.69, 9.17) is 28.2 Å². The molecule has 0 bridgehead atoms. The molecule has 0 saturated heterocycles. The highest BCUT2D eigenvalue weighted by atomic mass is 35.5. The topological polar surface area (TPSA) is 15.6 Å². The van der Waals surface area contributed by atoms with Crippen molar-refractivity contribution in [2.75, 3.05) is 24.5 Å². The van der Waals surface area contributed by atoms with Crippen LogP contribution in [0.25, 0.3) is 6.08 Å². The first-order chi connectivity index (χ1) is 11.7. The van der Waals surface area contributed by atoms with Crippen LogP contribution in [-0.4, -0.2) is 25.3 Å². The number of benzodiazepines with no additional fused rings is 1. The van der Waals surface area contributed by atoms with Crippen molar-refractivity contribution in [3.63, 3.8) is 0 Å². The molecule has 0 unspecified atom stereocenters. The summed E-state index contributed by atoms with van der Waals surface area (Å²) in [6.07, 6.45) is 5.23. The molecule has 0 aromatic heterocycles. The second-order valence-electron chi connectivity index (χ2n) is 5.78. The molecule has 26 heavy (non-hydrogen) atoms. The van der Waals surface area contributed by atoms with E-state index in [2.05, 4.69) is 42.2 Å². The minimum atomic E-state index is 0. The standard InChI is InChI=1S/C20H20Cl2N2.2ClH/c1-2-12-24-13-11-23-19(16-5-3-4-6-20(16)24)10-8-15-7-9-17(21)18(22)14-15;;/h3-10,14H,2,11-13H2,1H3;2*1H/b10-8+;;. The van der Waals surface area contributed by atoms with Crippen LogP contribution in [0.1, 0.15) is 24.5 Å². The fourth-order valence-electron chi connectivity index (χ4n) is 2.90. The molecule has 0 spiro atoms. The first-order valence-corrected chi connectivity index (χ1v) is 8.96. The third-order valence-electron chi connectivity index (χ3n) is 4.04. The third kappa shape index (κ3) is 5.40. The number of aliphatic imine (C=N–C) groups is 1. The summed E-state index contributed by atoms with van der Waals surface area (Å²) in [5.74, 6) is 0. The minimum Gasteiger partial charge on any atom is -0.369 e. The molecule has 1 heterocycles. The summed E-state index contributed by atoms with van der Waals surface area (Å²) in [6.45, 7) is 5.01. The van der Waals surface area contributed by atoms with Gasteiger partial charge in [-0.3, -0.25) is 4.99 Å². The van der Waals surface area contributed by atoms with E-state index >= 15 is 0 Å². The molecule has 6 heteroatoms. The SMILES string of the molecule is CCCN1CCN=C(/C=C/c2ccc(Cl)c(Cl)c2)c2ccccc21.Cl.Cl. The van der Waals surface area contributed by atoms with Crippen molar-refractivity contribution < 1.29 is 0 Å². The molecule has 2 nitrogen and oxygen atoms in total. The highest BCUT2D eigenvalue weighted by Gasteiger charge is 2.15. The Hall–Kier alpha value is -1.19. The molecule has 140 valence electrons. The Labute approximate surface area is 177 Å². The predicted octanol–water partition coefficient (Wildman–Crippen LogP) is 6.57. The molecular formula is C20H22Cl4N2. The Balaban J connectivity index is 0.00000169. The number of rotatable bonds is 4. The molecule has 2 aromatic carbocycles. The molecule has 2 aromatic rings. The van der Waals surface area contributed by atoms with Crippen molar-refractivity contribution in [2.45, 2.75) is 13.3 Å². The lowest BCUT2D eigenvalue weighted by Crippen LogP contribution is -2.26. The lowest BCUT2D eigenvalue weighted by Gasteiger charge is -2.23. The van der Waals surface area contributed by atoms with E-state index < -0.39 is 0 Å². The zero-order valence-corrected chi connectivity index (χ0v) is 17.6. The summed E-state index contributed by atoms with van der Waals surface area (Å²) in [6, 6.07) is 14.1. The van der Waals surface area contributed by atoms with Gasteiger partial charge < -0.3 is 4.90 Å². The van der Waals surface area contributed by atoms with Crippen LogP contribution in [0, 0.1) is 0 Å². The summed E-state index contributed by atoms with van der Waals surface area (Å²) in [7, 11) is 0. The van der Waals surface area contributed by atoms with Gasteiger partial charge in [-0.2, -0.15) is 0 Å². The van der Waals surface area contributed by atoms with Crippen molar-refractivity contribution in [1.82, 2.24) is 0 Å². The number of halogens is 4. The Morgan fingerprint density at radius 1 is 1.04 bits per heavy atom. The highest BCUT2D eigenvalue weighted by Crippen LogP contribution is 2.26. The zero-order chi connectivity index (χ0) is 16.9. The van der Waals surface area contributed by atoms with Gasteiger partial charge in [-0.05, 0) is 36.3 Å². The number of hydrogen-bond donors (Lipinski definition) is 0. The van der Waals surface area contributed by atoms with Gasteiger partial charge in [0.2, 0.25) is 0 Å². The van der Waals surface area contributed by atoms with Gasteiger partial charge in [0, 0.05) is 24.3 Å². The average Bonchev–Trinajstić information content (AvgIpc) is 2.76. The number of hydrogen-bond acceptors (Lipinski definition) is 2. The molecule has 0 fully saturated rings. The zero-order valence-electron chi connectivity index (χ0n) is 14.5. The number of anilines is 1. The summed E-state index contributed by atoms with van der Waals surface area (Å²) >= 11 is 12.1. The number of para-hydroxylation sites is 1. The second kappa shape index (κ2) is 10.8. The van der Waals surface area contributed by atoms with Gasteiger partial charge in [0.05, 0.1) is 22.3 Å². The predicted molar refractivity (Wildman–Crippen MR) is 120 cm³/mol. The van der Waals surface area contributed by atoms with Crippen molar-refractivity contribution in [3.05, 3.63) is 69.7 Å². The van der Waals surface area contributed by atoms with Crippen molar-refractivity contribution in [3.8, 4) is 0 Å². The Kier molecular flexibility index (Phi) is 9.52. The highest BCUT2D eigenvalue weighted by molar-refractivity contribution is 6.42. The molecule has 1 aliphatic rings. The molecule has 0 N–H and O–H groups in total. The van der Waals surface area contributed by atoms with Gasteiger partial charge >= 0.3 is 0 Å². The van der Waals surface area contributed by atoms with Crippen molar-refractivity contribution >= 4 is 65.5 Å². The van der Waals surface area contributed by atoms with Gasteiger partial charge in [-0.1, -0.05) is 60.5 Å². The van der Waals surface area contributed by atoms with Gasteiger partial charge in [0.15, 0.2) is 0 Å². The maximum absolute atomic E-state index is 6.09. The number of benzene rings is 2. The average molecular weight is 432 g/mol. The van der Waals surface area contributed by atoms with Crippen LogP contribution < -0.4 is 4.90 Å². The number of nitrogens with zero attached hydrogens (tertiary/aromatic N) is 2. The molecule has 3 rings (SSSR count). The molecule has 0 atom stereocenters. The van der Waals surface area contributed by atoms with E-state index in [0.717, 1.165) is 37.3 Å². The molecule has 1 aliphatic heterocycles. The van der Waals surface area contributed by atoms with Gasteiger partial charge in [-0.15, -0.1) is 24.8 Å². The summed E-state index contributed by atoms with van der Waals surface area (Å²) in [5.41, 5.74) is 4.46. The summed E-state index contributed by atoms with van der Waals surface area (Å²) in [5, 5.41) is 1.14. The molecule has 0 amide bonds. The summed E-state index contributed by atoms with van der Waals surface area (Å²) < 4.78 is 0. The van der Waals surface area contributed by atoms with E-state index in [1.54, 1.807) is 0 Å².